The Balaban J connectivity index is 1.72. The molecule has 1 saturated carbocycles. The van der Waals surface area contributed by atoms with Gasteiger partial charge in [-0.1, -0.05) is 0 Å². The van der Waals surface area contributed by atoms with Gasteiger partial charge in [0.05, 0.1) is 0 Å². The van der Waals surface area contributed by atoms with Crippen LogP contribution in [0.5, 0.6) is 0 Å². The van der Waals surface area contributed by atoms with Crippen LogP contribution in [-0.2, 0) is 6.54 Å². The fourth-order valence-corrected chi connectivity index (χ4v) is 2.71. The highest BCUT2D eigenvalue weighted by Crippen LogP contribution is 2.28. The first kappa shape index (κ1) is 12.1. The molecule has 1 heterocycles. The molecule has 16 heavy (non-hydrogen) atoms. The van der Waals surface area contributed by atoms with Crippen LogP contribution in [0.25, 0.3) is 0 Å². The Morgan fingerprint density at radius 3 is 2.81 bits per heavy atom. The van der Waals surface area contributed by atoms with Crippen molar-refractivity contribution in [2.75, 3.05) is 13.2 Å². The summed E-state index contributed by atoms with van der Waals surface area (Å²) in [4.78, 5) is 2.61. The Hall–Kier alpha value is -0.380. The van der Waals surface area contributed by atoms with Crippen molar-refractivity contribution in [3.8, 4) is 0 Å². The lowest BCUT2D eigenvalue weighted by molar-refractivity contribution is 0.239. The van der Waals surface area contributed by atoms with Crippen LogP contribution in [0, 0.1) is 0 Å². The molecule has 2 nitrogen and oxygen atoms in total. The van der Waals surface area contributed by atoms with Crippen molar-refractivity contribution in [2.45, 2.75) is 44.7 Å². The van der Waals surface area contributed by atoms with Crippen molar-refractivity contribution in [2.24, 2.45) is 0 Å². The topological polar surface area (TPSA) is 23.5 Å². The second kappa shape index (κ2) is 6.38. The Morgan fingerprint density at radius 1 is 1.31 bits per heavy atom. The Bertz CT molecular complexity index is 282. The summed E-state index contributed by atoms with van der Waals surface area (Å²) in [5.41, 5.74) is 1.46. The number of hydrogen-bond acceptors (Lipinski definition) is 3. The minimum Gasteiger partial charge on any atom is -0.396 e. The predicted molar refractivity (Wildman–Crippen MR) is 68.7 cm³/mol. The maximum Gasteiger partial charge on any atom is 0.0431 e. The molecule has 0 atom stereocenters. The van der Waals surface area contributed by atoms with E-state index in [1.54, 1.807) is 11.3 Å². The molecule has 3 heteroatoms. The average molecular weight is 239 g/mol. The molecular formula is C13H21NOS. The molecule has 0 amide bonds. The number of rotatable bonds is 8. The first-order chi connectivity index (χ1) is 7.90. The van der Waals surface area contributed by atoms with Gasteiger partial charge in [0.15, 0.2) is 0 Å². The third-order valence-electron chi connectivity index (χ3n) is 3.13. The lowest BCUT2D eigenvalue weighted by Gasteiger charge is -2.21. The minimum atomic E-state index is 0.341. The van der Waals surface area contributed by atoms with Gasteiger partial charge in [-0.2, -0.15) is 11.3 Å². The Labute approximate surface area is 102 Å². The number of unbranched alkanes of at least 4 members (excludes halogenated alkanes) is 2. The molecule has 2 rings (SSSR count). The monoisotopic (exact) mass is 239 g/mol. The highest BCUT2D eigenvalue weighted by Gasteiger charge is 2.28. The summed E-state index contributed by atoms with van der Waals surface area (Å²) < 4.78 is 0. The molecular weight excluding hydrogens is 218 g/mol. The van der Waals surface area contributed by atoms with Gasteiger partial charge in [0.25, 0.3) is 0 Å². The van der Waals surface area contributed by atoms with Crippen molar-refractivity contribution in [3.05, 3.63) is 22.4 Å². The fraction of sp³-hybridized carbons (Fsp3) is 0.692. The van der Waals surface area contributed by atoms with Crippen LogP contribution < -0.4 is 0 Å². The van der Waals surface area contributed by atoms with E-state index in [0.717, 1.165) is 25.4 Å². The number of hydrogen-bond donors (Lipinski definition) is 1. The van der Waals surface area contributed by atoms with E-state index >= 15 is 0 Å². The van der Waals surface area contributed by atoms with E-state index in [0.29, 0.717) is 6.61 Å². The minimum absolute atomic E-state index is 0.341. The SMILES string of the molecule is OCCCCCN(Cc1ccsc1)C1CC1. The number of thiophene rings is 1. The standard InChI is InChI=1S/C13H21NOS/c15-8-3-1-2-7-14(13-4-5-13)10-12-6-9-16-11-12/h6,9,11,13,15H,1-5,7-8,10H2. The fourth-order valence-electron chi connectivity index (χ4n) is 2.05. The predicted octanol–water partition coefficient (Wildman–Crippen LogP) is 2.88. The van der Waals surface area contributed by atoms with Gasteiger partial charge in [-0.15, -0.1) is 0 Å². The van der Waals surface area contributed by atoms with Crippen LogP contribution in [0.1, 0.15) is 37.7 Å². The smallest absolute Gasteiger partial charge is 0.0431 e. The molecule has 1 fully saturated rings. The maximum absolute atomic E-state index is 8.75. The quantitative estimate of drug-likeness (QED) is 0.705. The molecule has 1 N–H and O–H groups in total. The summed E-state index contributed by atoms with van der Waals surface area (Å²) in [6, 6.07) is 3.07. The normalized spacial score (nSPS) is 15.9. The van der Waals surface area contributed by atoms with Crippen LogP contribution in [0.4, 0.5) is 0 Å². The molecule has 1 aromatic heterocycles. The second-order valence-corrected chi connectivity index (χ2v) is 5.40. The van der Waals surface area contributed by atoms with E-state index in [1.165, 1.54) is 31.4 Å². The van der Waals surface area contributed by atoms with E-state index < -0.39 is 0 Å². The average Bonchev–Trinajstić information content (AvgIpc) is 3.02. The molecule has 90 valence electrons. The summed E-state index contributed by atoms with van der Waals surface area (Å²) in [5.74, 6) is 0. The van der Waals surface area contributed by atoms with Gasteiger partial charge >= 0.3 is 0 Å². The molecule has 0 spiro atoms. The zero-order valence-corrected chi connectivity index (χ0v) is 10.6. The van der Waals surface area contributed by atoms with Crippen LogP contribution in [0.2, 0.25) is 0 Å². The van der Waals surface area contributed by atoms with Crippen molar-refractivity contribution in [1.82, 2.24) is 4.90 Å². The molecule has 0 radical (unpaired) electrons. The molecule has 0 bridgehead atoms. The summed E-state index contributed by atoms with van der Waals surface area (Å²) in [5, 5.41) is 13.2. The largest absolute Gasteiger partial charge is 0.396 e. The molecule has 1 aliphatic rings. The third-order valence-corrected chi connectivity index (χ3v) is 3.86. The zero-order chi connectivity index (χ0) is 11.2. The van der Waals surface area contributed by atoms with Gasteiger partial charge in [0.2, 0.25) is 0 Å². The number of aliphatic hydroxyl groups excluding tert-OH is 1. The molecule has 0 unspecified atom stereocenters. The van der Waals surface area contributed by atoms with Crippen molar-refractivity contribution >= 4 is 11.3 Å². The summed E-state index contributed by atoms with van der Waals surface area (Å²) >= 11 is 1.79. The van der Waals surface area contributed by atoms with Crippen LogP contribution >= 0.6 is 11.3 Å². The van der Waals surface area contributed by atoms with Crippen LogP contribution in [0.3, 0.4) is 0 Å². The molecule has 0 saturated heterocycles. The summed E-state index contributed by atoms with van der Waals surface area (Å²) in [6.07, 6.45) is 6.09. The third kappa shape index (κ3) is 3.89. The van der Waals surface area contributed by atoms with Crippen molar-refractivity contribution < 1.29 is 5.11 Å². The van der Waals surface area contributed by atoms with E-state index in [1.807, 2.05) is 0 Å². The summed E-state index contributed by atoms with van der Waals surface area (Å²) in [6.45, 7) is 2.65. The van der Waals surface area contributed by atoms with Crippen molar-refractivity contribution in [1.29, 1.82) is 0 Å². The Morgan fingerprint density at radius 2 is 2.19 bits per heavy atom. The highest BCUT2D eigenvalue weighted by atomic mass is 32.1. The maximum atomic E-state index is 8.75. The van der Waals surface area contributed by atoms with Gasteiger partial charge < -0.3 is 5.11 Å². The molecule has 1 aromatic rings. The van der Waals surface area contributed by atoms with E-state index in [4.69, 9.17) is 5.11 Å². The molecule has 0 aromatic carbocycles. The van der Waals surface area contributed by atoms with Crippen molar-refractivity contribution in [3.63, 3.8) is 0 Å². The highest BCUT2D eigenvalue weighted by molar-refractivity contribution is 7.07. The van der Waals surface area contributed by atoms with E-state index in [-0.39, 0.29) is 0 Å². The van der Waals surface area contributed by atoms with E-state index in [2.05, 4.69) is 21.7 Å². The first-order valence-corrected chi connectivity index (χ1v) is 7.20. The molecule has 1 aliphatic carbocycles. The second-order valence-electron chi connectivity index (χ2n) is 4.62. The van der Waals surface area contributed by atoms with Gasteiger partial charge in [-0.05, 0) is 61.0 Å². The summed E-state index contributed by atoms with van der Waals surface area (Å²) in [7, 11) is 0. The first-order valence-electron chi connectivity index (χ1n) is 6.26. The van der Waals surface area contributed by atoms with E-state index in [9.17, 15) is 0 Å². The van der Waals surface area contributed by atoms with Gasteiger partial charge in [-0.25, -0.2) is 0 Å². The Kier molecular flexibility index (Phi) is 4.82. The number of nitrogens with zero attached hydrogens (tertiary/aromatic N) is 1. The lowest BCUT2D eigenvalue weighted by Crippen LogP contribution is -2.26. The van der Waals surface area contributed by atoms with Gasteiger partial charge in [-0.3, -0.25) is 4.90 Å². The van der Waals surface area contributed by atoms with Gasteiger partial charge in [0, 0.05) is 19.2 Å². The van der Waals surface area contributed by atoms with Crippen LogP contribution in [-0.4, -0.2) is 29.2 Å². The van der Waals surface area contributed by atoms with Gasteiger partial charge in [0.1, 0.15) is 0 Å². The zero-order valence-electron chi connectivity index (χ0n) is 9.77. The lowest BCUT2D eigenvalue weighted by atomic mass is 10.2. The van der Waals surface area contributed by atoms with Crippen LogP contribution in [0.15, 0.2) is 16.8 Å². The number of aliphatic hydroxyl groups is 1. The molecule has 0 aliphatic heterocycles.